The summed E-state index contributed by atoms with van der Waals surface area (Å²) in [6, 6.07) is 0. The Kier molecular flexibility index (Phi) is 4.85. The van der Waals surface area contributed by atoms with Crippen LogP contribution in [0, 0.1) is 40.9 Å². The number of rotatable bonds is 2. The van der Waals surface area contributed by atoms with E-state index in [9.17, 15) is 15.0 Å². The summed E-state index contributed by atoms with van der Waals surface area (Å²) in [5.74, 6) is 7.06. The Labute approximate surface area is 139 Å². The van der Waals surface area contributed by atoms with Crippen molar-refractivity contribution in [3.05, 3.63) is 0 Å². The zero-order valence-electron chi connectivity index (χ0n) is 14.4. The van der Waals surface area contributed by atoms with Crippen LogP contribution in [-0.2, 0) is 4.79 Å². The fourth-order valence-corrected chi connectivity index (χ4v) is 5.34. The van der Waals surface area contributed by atoms with Gasteiger partial charge >= 0.3 is 0 Å². The van der Waals surface area contributed by atoms with E-state index in [0.717, 1.165) is 12.8 Å². The van der Waals surface area contributed by atoms with E-state index in [1.807, 2.05) is 13.8 Å². The van der Waals surface area contributed by atoms with Crippen LogP contribution in [0.3, 0.4) is 0 Å². The van der Waals surface area contributed by atoms with Crippen LogP contribution in [0.4, 0.5) is 0 Å². The van der Waals surface area contributed by atoms with Gasteiger partial charge in [0.05, 0.1) is 12.0 Å². The first-order chi connectivity index (χ1) is 10.9. The maximum absolute atomic E-state index is 12.2. The van der Waals surface area contributed by atoms with E-state index in [1.54, 1.807) is 0 Å². The van der Waals surface area contributed by atoms with Gasteiger partial charge in [-0.15, -0.1) is 0 Å². The fourth-order valence-electron chi connectivity index (χ4n) is 5.34. The van der Waals surface area contributed by atoms with E-state index >= 15 is 0 Å². The first-order valence-corrected chi connectivity index (χ1v) is 9.35. The number of fused-ring (bicyclic) bond motifs is 1. The molecule has 0 radical (unpaired) electrons. The lowest BCUT2D eigenvalue weighted by molar-refractivity contribution is -0.169. The van der Waals surface area contributed by atoms with Crippen molar-refractivity contribution >= 4 is 5.78 Å². The molecule has 3 nitrogen and oxygen atoms in total. The number of hydrogen-bond donors (Lipinski definition) is 2. The first-order valence-electron chi connectivity index (χ1n) is 9.35. The Morgan fingerprint density at radius 3 is 2.65 bits per heavy atom. The largest absolute Gasteiger partial charge is 0.392 e. The molecule has 0 spiro atoms. The van der Waals surface area contributed by atoms with Crippen LogP contribution in [0.15, 0.2) is 0 Å². The standard InChI is InChI=1S/C20H30O3/c1-13-18-16(17(22)10-11-20(18,2)19(13)23)9-8-15(21)12-14-6-4-3-5-7-14/h13-18,21-22H,3-7,10-12H2,1-2H3/t13?,15-,16-,17+,18+,20-/m1/s1. The summed E-state index contributed by atoms with van der Waals surface area (Å²) in [4.78, 5) is 12.2. The van der Waals surface area contributed by atoms with Gasteiger partial charge in [-0.05, 0) is 31.1 Å². The lowest BCUT2D eigenvalue weighted by Gasteiger charge is -2.57. The second kappa shape index (κ2) is 6.57. The summed E-state index contributed by atoms with van der Waals surface area (Å²) in [5, 5.41) is 20.6. The lowest BCUT2D eigenvalue weighted by atomic mass is 9.45. The number of carbonyl (C=O) groups excluding carboxylic acids is 1. The lowest BCUT2D eigenvalue weighted by Crippen LogP contribution is -2.62. The van der Waals surface area contributed by atoms with Crippen molar-refractivity contribution in [1.29, 1.82) is 0 Å². The van der Waals surface area contributed by atoms with Crippen molar-refractivity contribution < 1.29 is 15.0 Å². The molecule has 2 N–H and O–H groups in total. The van der Waals surface area contributed by atoms with Crippen LogP contribution in [0.5, 0.6) is 0 Å². The van der Waals surface area contributed by atoms with E-state index in [4.69, 9.17) is 0 Å². The van der Waals surface area contributed by atoms with Crippen molar-refractivity contribution in [3.8, 4) is 11.8 Å². The average Bonchev–Trinajstić information content (AvgIpc) is 2.55. The Morgan fingerprint density at radius 1 is 1.26 bits per heavy atom. The number of hydrogen-bond acceptors (Lipinski definition) is 3. The molecule has 23 heavy (non-hydrogen) atoms. The van der Waals surface area contributed by atoms with E-state index < -0.39 is 12.2 Å². The van der Waals surface area contributed by atoms with Gasteiger partial charge in [0.25, 0.3) is 0 Å². The van der Waals surface area contributed by atoms with Crippen molar-refractivity contribution in [2.45, 2.75) is 77.4 Å². The molecule has 0 heterocycles. The highest BCUT2D eigenvalue weighted by Crippen LogP contribution is 2.57. The minimum Gasteiger partial charge on any atom is -0.392 e. The predicted molar refractivity (Wildman–Crippen MR) is 89.5 cm³/mol. The SMILES string of the molecule is CC1C(=O)[C@]2(C)CC[C@H](O)[C@@H](C#C[C@@H](O)CC3CCCCC3)[C@H]12. The predicted octanol–water partition coefficient (Wildman–Crippen LogP) is 2.93. The number of aliphatic hydroxyl groups is 2. The van der Waals surface area contributed by atoms with Crippen molar-refractivity contribution in [2.75, 3.05) is 0 Å². The number of aliphatic hydroxyl groups excluding tert-OH is 2. The fraction of sp³-hybridized carbons (Fsp3) is 0.850. The minimum atomic E-state index is -0.593. The molecule has 0 aromatic carbocycles. The maximum atomic E-state index is 12.2. The maximum Gasteiger partial charge on any atom is 0.142 e. The molecule has 3 aliphatic carbocycles. The zero-order valence-corrected chi connectivity index (χ0v) is 14.4. The summed E-state index contributed by atoms with van der Waals surface area (Å²) < 4.78 is 0. The molecule has 0 bridgehead atoms. The molecule has 0 saturated heterocycles. The Hall–Kier alpha value is -0.850. The van der Waals surface area contributed by atoms with Gasteiger partial charge in [-0.2, -0.15) is 0 Å². The third-order valence-electron chi connectivity index (χ3n) is 6.71. The molecule has 3 fully saturated rings. The highest BCUT2D eigenvalue weighted by molar-refractivity contribution is 5.93. The minimum absolute atomic E-state index is 0.00950. The summed E-state index contributed by atoms with van der Waals surface area (Å²) in [6.07, 6.45) is 7.38. The third-order valence-corrected chi connectivity index (χ3v) is 6.71. The van der Waals surface area contributed by atoms with Crippen LogP contribution >= 0.6 is 0 Å². The Balaban J connectivity index is 1.65. The van der Waals surface area contributed by atoms with Gasteiger partial charge in [0.1, 0.15) is 11.9 Å². The molecule has 0 aromatic heterocycles. The number of carbonyl (C=O) groups is 1. The van der Waals surface area contributed by atoms with Crippen molar-refractivity contribution in [1.82, 2.24) is 0 Å². The molecule has 3 rings (SSSR count). The smallest absolute Gasteiger partial charge is 0.142 e. The molecule has 3 aliphatic rings. The Morgan fingerprint density at radius 2 is 1.96 bits per heavy atom. The highest BCUT2D eigenvalue weighted by atomic mass is 16.3. The second-order valence-electron chi connectivity index (χ2n) is 8.27. The van der Waals surface area contributed by atoms with Gasteiger partial charge in [-0.3, -0.25) is 4.79 Å². The van der Waals surface area contributed by atoms with Gasteiger partial charge in [0.2, 0.25) is 0 Å². The van der Waals surface area contributed by atoms with Crippen molar-refractivity contribution in [2.24, 2.45) is 29.1 Å². The molecule has 1 unspecified atom stereocenters. The van der Waals surface area contributed by atoms with Crippen LogP contribution in [-0.4, -0.2) is 28.2 Å². The second-order valence-corrected chi connectivity index (χ2v) is 8.27. The van der Waals surface area contributed by atoms with Gasteiger partial charge in [0, 0.05) is 11.3 Å². The molecule has 0 aromatic rings. The van der Waals surface area contributed by atoms with Gasteiger partial charge in [-0.1, -0.05) is 57.8 Å². The molecule has 128 valence electrons. The first kappa shape index (κ1) is 17.0. The summed E-state index contributed by atoms with van der Waals surface area (Å²) in [7, 11) is 0. The van der Waals surface area contributed by atoms with E-state index in [2.05, 4.69) is 11.8 Å². The van der Waals surface area contributed by atoms with E-state index in [1.165, 1.54) is 32.1 Å². The molecule has 3 heteroatoms. The van der Waals surface area contributed by atoms with Crippen molar-refractivity contribution in [3.63, 3.8) is 0 Å². The normalized spacial score (nSPS) is 42.2. The van der Waals surface area contributed by atoms with Gasteiger partial charge < -0.3 is 10.2 Å². The molecular formula is C20H30O3. The van der Waals surface area contributed by atoms with E-state index in [0.29, 0.717) is 18.1 Å². The zero-order chi connectivity index (χ0) is 16.6. The molecule has 3 saturated carbocycles. The molecular weight excluding hydrogens is 288 g/mol. The highest BCUT2D eigenvalue weighted by Gasteiger charge is 2.62. The van der Waals surface area contributed by atoms with Crippen LogP contribution in [0.25, 0.3) is 0 Å². The summed E-state index contributed by atoms with van der Waals surface area (Å²) in [6.45, 7) is 3.99. The molecule has 0 aliphatic heterocycles. The van der Waals surface area contributed by atoms with Crippen LogP contribution in [0.1, 0.15) is 65.2 Å². The average molecular weight is 318 g/mol. The number of Topliss-reactive ketones (excluding diaryl/α,β-unsaturated/α-hetero) is 1. The number of ketones is 1. The molecule has 6 atom stereocenters. The van der Waals surface area contributed by atoms with Crippen LogP contribution < -0.4 is 0 Å². The topological polar surface area (TPSA) is 57.5 Å². The summed E-state index contributed by atoms with van der Waals surface area (Å²) in [5.41, 5.74) is -0.299. The van der Waals surface area contributed by atoms with Gasteiger partial charge in [-0.25, -0.2) is 0 Å². The molecule has 0 amide bonds. The quantitative estimate of drug-likeness (QED) is 0.770. The third kappa shape index (κ3) is 3.08. The monoisotopic (exact) mass is 318 g/mol. The van der Waals surface area contributed by atoms with E-state index in [-0.39, 0.29) is 23.2 Å². The Bertz CT molecular complexity index is 511. The van der Waals surface area contributed by atoms with Crippen LogP contribution in [0.2, 0.25) is 0 Å². The summed E-state index contributed by atoms with van der Waals surface area (Å²) >= 11 is 0. The van der Waals surface area contributed by atoms with Gasteiger partial charge in [0.15, 0.2) is 0 Å².